The fourth-order valence-corrected chi connectivity index (χ4v) is 2.91. The highest BCUT2D eigenvalue weighted by Gasteiger charge is 2.05. The van der Waals surface area contributed by atoms with E-state index in [1.54, 1.807) is 20.2 Å². The first-order valence-electron chi connectivity index (χ1n) is 9.23. The highest BCUT2D eigenvalue weighted by atomic mass is 35.5. The normalized spacial score (nSPS) is 11.1. The minimum atomic E-state index is -0.104. The standard InChI is InChI=1S/C21H27ClN4O2/c1-4-24-21(25-11-10-16-8-9-18(28-3)13-19(16)22)26-14-15-6-5-7-17(12-15)20(27)23-2/h5-9,12-13H,4,10-11,14H2,1-3H3,(H,23,27)(H2,24,25,26). The van der Waals surface area contributed by atoms with Crippen LogP contribution in [0.5, 0.6) is 5.75 Å². The van der Waals surface area contributed by atoms with Gasteiger partial charge >= 0.3 is 0 Å². The zero-order chi connectivity index (χ0) is 20.4. The predicted molar refractivity (Wildman–Crippen MR) is 114 cm³/mol. The monoisotopic (exact) mass is 402 g/mol. The number of hydrogen-bond acceptors (Lipinski definition) is 3. The highest BCUT2D eigenvalue weighted by molar-refractivity contribution is 6.31. The molecule has 6 nitrogen and oxygen atoms in total. The van der Waals surface area contributed by atoms with E-state index >= 15 is 0 Å². The molecule has 2 aromatic carbocycles. The topological polar surface area (TPSA) is 74.8 Å². The Balaban J connectivity index is 1.96. The van der Waals surface area contributed by atoms with E-state index in [-0.39, 0.29) is 5.91 Å². The Morgan fingerprint density at radius 1 is 1.18 bits per heavy atom. The van der Waals surface area contributed by atoms with E-state index in [1.165, 1.54) is 0 Å². The summed E-state index contributed by atoms with van der Waals surface area (Å²) in [5.41, 5.74) is 2.64. The highest BCUT2D eigenvalue weighted by Crippen LogP contribution is 2.22. The van der Waals surface area contributed by atoms with Crippen LogP contribution in [0.25, 0.3) is 0 Å². The van der Waals surface area contributed by atoms with Gasteiger partial charge in [0, 0.05) is 30.7 Å². The zero-order valence-electron chi connectivity index (χ0n) is 16.5. The predicted octanol–water partition coefficient (Wildman–Crippen LogP) is 3.01. The summed E-state index contributed by atoms with van der Waals surface area (Å²) in [7, 11) is 3.24. The summed E-state index contributed by atoms with van der Waals surface area (Å²) in [6.45, 7) is 3.94. The molecule has 0 heterocycles. The SMILES string of the molecule is CCNC(=NCc1cccc(C(=O)NC)c1)NCCc1ccc(OC)cc1Cl. The number of guanidine groups is 1. The van der Waals surface area contributed by atoms with Crippen molar-refractivity contribution in [3.63, 3.8) is 0 Å². The van der Waals surface area contributed by atoms with Crippen molar-refractivity contribution in [1.29, 1.82) is 0 Å². The number of ether oxygens (including phenoxy) is 1. The maximum Gasteiger partial charge on any atom is 0.251 e. The Morgan fingerprint density at radius 3 is 2.68 bits per heavy atom. The third kappa shape index (κ3) is 6.46. The van der Waals surface area contributed by atoms with Crippen LogP contribution in [0.4, 0.5) is 0 Å². The second-order valence-corrected chi connectivity index (χ2v) is 6.52. The summed E-state index contributed by atoms with van der Waals surface area (Å²) >= 11 is 6.29. The van der Waals surface area contributed by atoms with E-state index in [4.69, 9.17) is 16.3 Å². The average Bonchev–Trinajstić information content (AvgIpc) is 2.72. The van der Waals surface area contributed by atoms with Gasteiger partial charge in [-0.2, -0.15) is 0 Å². The summed E-state index contributed by atoms with van der Waals surface area (Å²) in [6, 6.07) is 13.1. The minimum Gasteiger partial charge on any atom is -0.497 e. The molecule has 0 spiro atoms. The third-order valence-electron chi connectivity index (χ3n) is 4.13. The molecule has 0 saturated heterocycles. The number of rotatable bonds is 8. The first-order chi connectivity index (χ1) is 13.6. The Hall–Kier alpha value is -2.73. The van der Waals surface area contributed by atoms with E-state index < -0.39 is 0 Å². The first kappa shape index (κ1) is 21.6. The lowest BCUT2D eigenvalue weighted by Gasteiger charge is -2.12. The summed E-state index contributed by atoms with van der Waals surface area (Å²) < 4.78 is 5.17. The smallest absolute Gasteiger partial charge is 0.251 e. The van der Waals surface area contributed by atoms with Crippen LogP contribution in [0.2, 0.25) is 5.02 Å². The molecule has 0 aliphatic heterocycles. The number of hydrogen-bond donors (Lipinski definition) is 3. The van der Waals surface area contributed by atoms with E-state index in [2.05, 4.69) is 20.9 Å². The van der Waals surface area contributed by atoms with E-state index in [9.17, 15) is 4.79 Å². The van der Waals surface area contributed by atoms with Crippen LogP contribution >= 0.6 is 11.6 Å². The molecule has 0 atom stereocenters. The van der Waals surface area contributed by atoms with Crippen LogP contribution < -0.4 is 20.7 Å². The van der Waals surface area contributed by atoms with Crippen molar-refractivity contribution < 1.29 is 9.53 Å². The molecule has 7 heteroatoms. The van der Waals surface area contributed by atoms with Gasteiger partial charge in [0.2, 0.25) is 0 Å². The Bertz CT molecular complexity index is 824. The van der Waals surface area contributed by atoms with Crippen molar-refractivity contribution in [2.75, 3.05) is 27.2 Å². The van der Waals surface area contributed by atoms with Crippen LogP contribution in [-0.2, 0) is 13.0 Å². The summed E-state index contributed by atoms with van der Waals surface area (Å²) in [5.74, 6) is 1.36. The maximum absolute atomic E-state index is 11.8. The number of carbonyl (C=O) groups is 1. The number of nitrogens with zero attached hydrogens (tertiary/aromatic N) is 1. The molecule has 0 radical (unpaired) electrons. The number of carbonyl (C=O) groups excluding carboxylic acids is 1. The lowest BCUT2D eigenvalue weighted by Crippen LogP contribution is -2.38. The molecule has 28 heavy (non-hydrogen) atoms. The Morgan fingerprint density at radius 2 is 2.00 bits per heavy atom. The molecule has 0 unspecified atom stereocenters. The largest absolute Gasteiger partial charge is 0.497 e. The lowest BCUT2D eigenvalue weighted by atomic mass is 10.1. The van der Waals surface area contributed by atoms with Crippen LogP contribution in [0, 0.1) is 0 Å². The molecule has 150 valence electrons. The molecule has 3 N–H and O–H groups in total. The number of aliphatic imine (C=N–C) groups is 1. The lowest BCUT2D eigenvalue weighted by molar-refractivity contribution is 0.0963. The molecule has 0 saturated carbocycles. The average molecular weight is 403 g/mol. The van der Waals surface area contributed by atoms with E-state index in [0.29, 0.717) is 23.7 Å². The molecular weight excluding hydrogens is 376 g/mol. The molecule has 0 bridgehead atoms. The Labute approximate surface area is 171 Å². The van der Waals surface area contributed by atoms with Gasteiger partial charge in [-0.3, -0.25) is 4.79 Å². The molecule has 0 fully saturated rings. The van der Waals surface area contributed by atoms with Gasteiger partial charge in [0.05, 0.1) is 13.7 Å². The maximum atomic E-state index is 11.8. The fourth-order valence-electron chi connectivity index (χ4n) is 2.64. The summed E-state index contributed by atoms with van der Waals surface area (Å²) in [5, 5.41) is 9.86. The van der Waals surface area contributed by atoms with Crippen molar-refractivity contribution in [3.8, 4) is 5.75 Å². The van der Waals surface area contributed by atoms with Gasteiger partial charge in [-0.15, -0.1) is 0 Å². The van der Waals surface area contributed by atoms with Gasteiger partial charge in [-0.1, -0.05) is 29.8 Å². The number of benzene rings is 2. The van der Waals surface area contributed by atoms with Gasteiger partial charge in [0.25, 0.3) is 5.91 Å². The third-order valence-corrected chi connectivity index (χ3v) is 4.48. The van der Waals surface area contributed by atoms with E-state index in [1.807, 2.05) is 43.3 Å². The zero-order valence-corrected chi connectivity index (χ0v) is 17.3. The van der Waals surface area contributed by atoms with Gasteiger partial charge in [-0.05, 0) is 48.7 Å². The van der Waals surface area contributed by atoms with Gasteiger partial charge in [0.15, 0.2) is 5.96 Å². The molecule has 0 aromatic heterocycles. The number of methoxy groups -OCH3 is 1. The minimum absolute atomic E-state index is 0.104. The van der Waals surface area contributed by atoms with Crippen LogP contribution in [0.3, 0.4) is 0 Å². The number of nitrogens with one attached hydrogen (secondary N) is 3. The van der Waals surface area contributed by atoms with Crippen LogP contribution in [0.1, 0.15) is 28.4 Å². The molecule has 2 rings (SSSR count). The van der Waals surface area contributed by atoms with Crippen molar-refractivity contribution in [2.45, 2.75) is 19.9 Å². The van der Waals surface area contributed by atoms with Crippen molar-refractivity contribution >= 4 is 23.5 Å². The second kappa shape index (κ2) is 11.2. The van der Waals surface area contributed by atoms with E-state index in [0.717, 1.165) is 35.8 Å². The van der Waals surface area contributed by atoms with Gasteiger partial charge in [-0.25, -0.2) is 4.99 Å². The van der Waals surface area contributed by atoms with Crippen molar-refractivity contribution in [1.82, 2.24) is 16.0 Å². The molecule has 1 amide bonds. The quantitative estimate of drug-likeness (QED) is 0.468. The summed E-state index contributed by atoms with van der Waals surface area (Å²) in [4.78, 5) is 16.4. The molecule has 2 aromatic rings. The number of amides is 1. The summed E-state index contributed by atoms with van der Waals surface area (Å²) in [6.07, 6.45) is 0.763. The first-order valence-corrected chi connectivity index (χ1v) is 9.60. The van der Waals surface area contributed by atoms with Crippen molar-refractivity contribution in [2.24, 2.45) is 4.99 Å². The molecular formula is C21H27ClN4O2. The van der Waals surface area contributed by atoms with Crippen LogP contribution in [-0.4, -0.2) is 39.1 Å². The second-order valence-electron chi connectivity index (χ2n) is 6.11. The van der Waals surface area contributed by atoms with Gasteiger partial charge < -0.3 is 20.7 Å². The Kier molecular flexibility index (Phi) is 8.62. The van der Waals surface area contributed by atoms with Crippen molar-refractivity contribution in [3.05, 3.63) is 64.2 Å². The molecule has 0 aliphatic rings. The molecule has 0 aliphatic carbocycles. The van der Waals surface area contributed by atoms with Crippen LogP contribution in [0.15, 0.2) is 47.5 Å². The number of halogens is 1. The van der Waals surface area contributed by atoms with Gasteiger partial charge in [0.1, 0.15) is 5.75 Å². The fraction of sp³-hybridized carbons (Fsp3) is 0.333.